The zero-order valence-corrected chi connectivity index (χ0v) is 14.1. The molecule has 0 aromatic carbocycles. The molecular weight excluding hydrogens is 326 g/mol. The van der Waals surface area contributed by atoms with Crippen molar-refractivity contribution < 1.29 is 9.47 Å². The van der Waals surface area contributed by atoms with Crippen LogP contribution in [0, 0.1) is 11.8 Å². The third-order valence-electron chi connectivity index (χ3n) is 4.79. The first-order valence-corrected chi connectivity index (χ1v) is 8.62. The summed E-state index contributed by atoms with van der Waals surface area (Å²) < 4.78 is 11.9. The topological polar surface area (TPSA) is 47.5 Å². The molecule has 2 aliphatic heterocycles. The summed E-state index contributed by atoms with van der Waals surface area (Å²) in [6, 6.07) is 5.90. The molecule has 0 saturated carbocycles. The van der Waals surface area contributed by atoms with E-state index < -0.39 is 0 Å². The summed E-state index contributed by atoms with van der Waals surface area (Å²) in [6.07, 6.45) is 7.36. The van der Waals surface area contributed by atoms with Gasteiger partial charge in [-0.3, -0.25) is 14.9 Å². The lowest BCUT2D eigenvalue weighted by molar-refractivity contribution is 0.0897. The number of pyridine rings is 2. The van der Waals surface area contributed by atoms with Crippen molar-refractivity contribution in [3.05, 3.63) is 53.6 Å². The van der Waals surface area contributed by atoms with Gasteiger partial charge >= 0.3 is 0 Å². The Morgan fingerprint density at radius 1 is 1.25 bits per heavy atom. The van der Waals surface area contributed by atoms with Crippen LogP contribution in [-0.4, -0.2) is 47.3 Å². The first kappa shape index (κ1) is 15.8. The molecular formula is C18H20ClN3O2. The monoisotopic (exact) mass is 345 g/mol. The van der Waals surface area contributed by atoms with Gasteiger partial charge in [-0.05, 0) is 11.6 Å². The highest BCUT2D eigenvalue weighted by Crippen LogP contribution is 2.34. The standard InChI is InChI=1S/C18H20ClN3O2/c19-15-4-16(7-21-6-15)23-11-14-12-24-18-10-22(9-17(14)18)8-13-2-1-3-20-5-13/h1-7,14,17-18H,8-12H2/t14-,17+,18+/m0/s1. The average molecular weight is 346 g/mol. The van der Waals surface area contributed by atoms with Crippen LogP contribution in [0.3, 0.4) is 0 Å². The van der Waals surface area contributed by atoms with Crippen molar-refractivity contribution in [2.24, 2.45) is 11.8 Å². The molecule has 0 radical (unpaired) electrons. The molecule has 2 saturated heterocycles. The summed E-state index contributed by atoms with van der Waals surface area (Å²) in [5, 5.41) is 0.594. The quantitative estimate of drug-likeness (QED) is 0.833. The summed E-state index contributed by atoms with van der Waals surface area (Å²) in [7, 11) is 0. The second kappa shape index (κ2) is 7.05. The van der Waals surface area contributed by atoms with E-state index in [0.717, 1.165) is 32.0 Å². The van der Waals surface area contributed by atoms with Gasteiger partial charge in [0, 0.05) is 56.1 Å². The molecule has 0 aliphatic carbocycles. The average Bonchev–Trinajstić information content (AvgIpc) is 3.14. The molecule has 6 heteroatoms. The lowest BCUT2D eigenvalue weighted by Crippen LogP contribution is -2.26. The van der Waals surface area contributed by atoms with Gasteiger partial charge in [0.05, 0.1) is 30.5 Å². The fourth-order valence-electron chi connectivity index (χ4n) is 3.61. The summed E-state index contributed by atoms with van der Waals surface area (Å²) in [5.41, 5.74) is 1.25. The van der Waals surface area contributed by atoms with E-state index in [2.05, 4.69) is 20.9 Å². The van der Waals surface area contributed by atoms with Crippen LogP contribution in [0.25, 0.3) is 0 Å². The lowest BCUT2D eigenvalue weighted by Gasteiger charge is -2.19. The van der Waals surface area contributed by atoms with E-state index in [1.807, 2.05) is 18.5 Å². The normalized spacial score (nSPS) is 26.5. The fourth-order valence-corrected chi connectivity index (χ4v) is 3.77. The first-order chi connectivity index (χ1) is 11.8. The zero-order valence-electron chi connectivity index (χ0n) is 13.3. The van der Waals surface area contributed by atoms with Gasteiger partial charge in [0.25, 0.3) is 0 Å². The van der Waals surface area contributed by atoms with Gasteiger partial charge in [-0.25, -0.2) is 0 Å². The molecule has 3 atom stereocenters. The first-order valence-electron chi connectivity index (χ1n) is 8.24. The maximum atomic E-state index is 5.99. The van der Waals surface area contributed by atoms with E-state index in [-0.39, 0.29) is 0 Å². The van der Waals surface area contributed by atoms with E-state index in [9.17, 15) is 0 Å². The number of rotatable bonds is 5. The van der Waals surface area contributed by atoms with Gasteiger partial charge in [0.1, 0.15) is 5.75 Å². The van der Waals surface area contributed by atoms with Crippen LogP contribution >= 0.6 is 11.6 Å². The number of hydrogen-bond donors (Lipinski definition) is 0. The molecule has 0 unspecified atom stereocenters. The number of nitrogens with zero attached hydrogens (tertiary/aromatic N) is 3. The number of ether oxygens (including phenoxy) is 2. The van der Waals surface area contributed by atoms with Crippen molar-refractivity contribution >= 4 is 11.6 Å². The Morgan fingerprint density at radius 3 is 3.04 bits per heavy atom. The molecule has 2 fully saturated rings. The fraction of sp³-hybridized carbons (Fsp3) is 0.444. The van der Waals surface area contributed by atoms with Crippen LogP contribution in [-0.2, 0) is 11.3 Å². The molecule has 0 amide bonds. The molecule has 2 aliphatic rings. The van der Waals surface area contributed by atoms with Crippen LogP contribution in [0.15, 0.2) is 43.0 Å². The highest BCUT2D eigenvalue weighted by atomic mass is 35.5. The van der Waals surface area contributed by atoms with Gasteiger partial charge in [-0.1, -0.05) is 17.7 Å². The summed E-state index contributed by atoms with van der Waals surface area (Å²) in [5.74, 6) is 1.65. The van der Waals surface area contributed by atoms with Crippen molar-refractivity contribution in [1.29, 1.82) is 0 Å². The minimum absolute atomic E-state index is 0.313. The number of likely N-dealkylation sites (tertiary alicyclic amines) is 1. The van der Waals surface area contributed by atoms with Crippen LogP contribution in [0.2, 0.25) is 5.02 Å². The van der Waals surface area contributed by atoms with Gasteiger partial charge < -0.3 is 9.47 Å². The smallest absolute Gasteiger partial charge is 0.139 e. The molecule has 2 aromatic rings. The van der Waals surface area contributed by atoms with Crippen LogP contribution in [0.1, 0.15) is 5.56 Å². The van der Waals surface area contributed by atoms with Gasteiger partial charge in [0.2, 0.25) is 0 Å². The van der Waals surface area contributed by atoms with Gasteiger partial charge in [-0.15, -0.1) is 0 Å². The van der Waals surface area contributed by atoms with Crippen LogP contribution in [0.4, 0.5) is 0 Å². The molecule has 0 N–H and O–H groups in total. The lowest BCUT2D eigenvalue weighted by atomic mass is 9.94. The molecule has 4 rings (SSSR count). The van der Waals surface area contributed by atoms with Gasteiger partial charge in [-0.2, -0.15) is 0 Å². The van der Waals surface area contributed by atoms with E-state index in [0.29, 0.717) is 29.6 Å². The Balaban J connectivity index is 1.33. The molecule has 126 valence electrons. The van der Waals surface area contributed by atoms with Crippen molar-refractivity contribution in [2.45, 2.75) is 12.6 Å². The van der Waals surface area contributed by atoms with Gasteiger partial charge in [0.15, 0.2) is 0 Å². The van der Waals surface area contributed by atoms with Crippen LogP contribution in [0.5, 0.6) is 5.75 Å². The Bertz CT molecular complexity index is 685. The summed E-state index contributed by atoms with van der Waals surface area (Å²) >= 11 is 5.95. The van der Waals surface area contributed by atoms with E-state index in [1.54, 1.807) is 18.5 Å². The second-order valence-corrected chi connectivity index (χ2v) is 6.94. The number of halogens is 1. The largest absolute Gasteiger partial charge is 0.492 e. The predicted molar refractivity (Wildman–Crippen MR) is 91.0 cm³/mol. The second-order valence-electron chi connectivity index (χ2n) is 6.50. The summed E-state index contributed by atoms with van der Waals surface area (Å²) in [4.78, 5) is 10.7. The molecule has 4 heterocycles. The van der Waals surface area contributed by atoms with E-state index in [4.69, 9.17) is 21.1 Å². The SMILES string of the molecule is Clc1cncc(OC[C@H]2CO[C@@H]3CN(Cc4cccnc4)C[C@H]23)c1. The third kappa shape index (κ3) is 3.53. The summed E-state index contributed by atoms with van der Waals surface area (Å²) in [6.45, 7) is 4.36. The molecule has 24 heavy (non-hydrogen) atoms. The van der Waals surface area contributed by atoms with Crippen molar-refractivity contribution in [2.75, 3.05) is 26.3 Å². The predicted octanol–water partition coefficient (Wildman–Crippen LogP) is 2.66. The van der Waals surface area contributed by atoms with Crippen molar-refractivity contribution in [3.63, 3.8) is 0 Å². The Hall–Kier alpha value is -1.69. The molecule has 0 spiro atoms. The van der Waals surface area contributed by atoms with Crippen molar-refractivity contribution in [1.82, 2.24) is 14.9 Å². The Kier molecular flexibility index (Phi) is 4.65. The van der Waals surface area contributed by atoms with E-state index >= 15 is 0 Å². The number of hydrogen-bond acceptors (Lipinski definition) is 5. The minimum atomic E-state index is 0.313. The Labute approximate surface area is 146 Å². The highest BCUT2D eigenvalue weighted by molar-refractivity contribution is 6.30. The van der Waals surface area contributed by atoms with Crippen molar-refractivity contribution in [3.8, 4) is 5.75 Å². The maximum absolute atomic E-state index is 5.99. The maximum Gasteiger partial charge on any atom is 0.139 e. The third-order valence-corrected chi connectivity index (χ3v) is 4.99. The molecule has 5 nitrogen and oxygen atoms in total. The highest BCUT2D eigenvalue weighted by Gasteiger charge is 2.43. The number of aromatic nitrogens is 2. The minimum Gasteiger partial charge on any atom is -0.492 e. The number of fused-ring (bicyclic) bond motifs is 1. The van der Waals surface area contributed by atoms with Crippen LogP contribution < -0.4 is 4.74 Å². The van der Waals surface area contributed by atoms with E-state index in [1.165, 1.54) is 5.56 Å². The molecule has 0 bridgehead atoms. The Morgan fingerprint density at radius 2 is 2.21 bits per heavy atom. The molecule has 2 aromatic heterocycles. The zero-order chi connectivity index (χ0) is 16.4.